The van der Waals surface area contributed by atoms with Crippen molar-refractivity contribution in [3.05, 3.63) is 0 Å². The molecule has 0 aliphatic heterocycles. The first-order chi connectivity index (χ1) is 7.77. The van der Waals surface area contributed by atoms with Crippen LogP contribution in [0.3, 0.4) is 0 Å². The Morgan fingerprint density at radius 3 is 2.19 bits per heavy atom. The molecule has 0 heterocycles. The molecule has 0 aromatic carbocycles. The van der Waals surface area contributed by atoms with Crippen LogP contribution in [0.15, 0.2) is 0 Å². The number of ketones is 1. The molecule has 0 bridgehead atoms. The monoisotopic (exact) mass is 224 g/mol. The fraction of sp³-hybridized carbons (Fsp3) is 0.929. The molecule has 2 fully saturated rings. The van der Waals surface area contributed by atoms with Crippen molar-refractivity contribution in [2.45, 2.75) is 70.3 Å². The molecule has 1 atom stereocenters. The van der Waals surface area contributed by atoms with E-state index in [0.29, 0.717) is 12.3 Å². The SMILES string of the molecule is O=C(CC1CCCC1)C(O)C1CCCCC1. The van der Waals surface area contributed by atoms with E-state index in [9.17, 15) is 9.90 Å². The first-order valence-electron chi connectivity index (χ1n) is 6.98. The summed E-state index contributed by atoms with van der Waals surface area (Å²) in [5.41, 5.74) is 0. The first kappa shape index (κ1) is 12.1. The van der Waals surface area contributed by atoms with Crippen LogP contribution in [0.2, 0.25) is 0 Å². The van der Waals surface area contributed by atoms with E-state index in [0.717, 1.165) is 12.8 Å². The molecule has 2 saturated carbocycles. The van der Waals surface area contributed by atoms with Crippen molar-refractivity contribution in [1.29, 1.82) is 0 Å². The Labute approximate surface area is 98.4 Å². The highest BCUT2D eigenvalue weighted by Crippen LogP contribution is 2.31. The minimum absolute atomic E-state index is 0.124. The van der Waals surface area contributed by atoms with Gasteiger partial charge in [0, 0.05) is 6.42 Å². The lowest BCUT2D eigenvalue weighted by Gasteiger charge is -2.26. The summed E-state index contributed by atoms with van der Waals surface area (Å²) >= 11 is 0. The summed E-state index contributed by atoms with van der Waals surface area (Å²) in [7, 11) is 0. The van der Waals surface area contributed by atoms with Crippen molar-refractivity contribution in [2.75, 3.05) is 0 Å². The summed E-state index contributed by atoms with van der Waals surface area (Å²) in [4.78, 5) is 11.9. The summed E-state index contributed by atoms with van der Waals surface area (Å²) in [6.45, 7) is 0. The molecule has 0 spiro atoms. The molecule has 92 valence electrons. The summed E-state index contributed by atoms with van der Waals surface area (Å²) in [6.07, 6.45) is 10.7. The van der Waals surface area contributed by atoms with Crippen molar-refractivity contribution >= 4 is 5.78 Å². The fourth-order valence-electron chi connectivity index (χ4n) is 3.33. The topological polar surface area (TPSA) is 37.3 Å². The number of aliphatic hydroxyl groups excluding tert-OH is 1. The van der Waals surface area contributed by atoms with E-state index in [-0.39, 0.29) is 11.7 Å². The lowest BCUT2D eigenvalue weighted by Crippen LogP contribution is -2.32. The second-order valence-corrected chi connectivity index (χ2v) is 5.66. The van der Waals surface area contributed by atoms with Crippen molar-refractivity contribution < 1.29 is 9.90 Å². The summed E-state index contributed by atoms with van der Waals surface area (Å²) in [5.74, 6) is 0.965. The zero-order chi connectivity index (χ0) is 11.4. The highest BCUT2D eigenvalue weighted by Gasteiger charge is 2.29. The Hall–Kier alpha value is -0.370. The van der Waals surface area contributed by atoms with Crippen molar-refractivity contribution in [3.8, 4) is 0 Å². The highest BCUT2D eigenvalue weighted by atomic mass is 16.3. The van der Waals surface area contributed by atoms with Gasteiger partial charge in [0.1, 0.15) is 6.10 Å². The molecule has 2 aliphatic rings. The average molecular weight is 224 g/mol. The lowest BCUT2D eigenvalue weighted by atomic mass is 9.82. The van der Waals surface area contributed by atoms with Gasteiger partial charge in [0.25, 0.3) is 0 Å². The molecule has 0 aromatic heterocycles. The van der Waals surface area contributed by atoms with Crippen LogP contribution in [0, 0.1) is 11.8 Å². The molecule has 2 aliphatic carbocycles. The largest absolute Gasteiger partial charge is 0.385 e. The Morgan fingerprint density at radius 1 is 1.00 bits per heavy atom. The number of carbonyl (C=O) groups is 1. The quantitative estimate of drug-likeness (QED) is 0.796. The predicted molar refractivity (Wildman–Crippen MR) is 64.2 cm³/mol. The second-order valence-electron chi connectivity index (χ2n) is 5.66. The average Bonchev–Trinajstić information content (AvgIpc) is 2.82. The maximum Gasteiger partial charge on any atom is 0.161 e. The first-order valence-corrected chi connectivity index (χ1v) is 6.98. The van der Waals surface area contributed by atoms with Gasteiger partial charge in [0.05, 0.1) is 0 Å². The summed E-state index contributed by atoms with van der Waals surface area (Å²) in [6, 6.07) is 0. The minimum atomic E-state index is -0.652. The number of hydrogen-bond donors (Lipinski definition) is 1. The van der Waals surface area contributed by atoms with Crippen LogP contribution < -0.4 is 0 Å². The van der Waals surface area contributed by atoms with Gasteiger partial charge >= 0.3 is 0 Å². The Morgan fingerprint density at radius 2 is 1.56 bits per heavy atom. The van der Waals surface area contributed by atoms with Gasteiger partial charge < -0.3 is 5.11 Å². The molecule has 2 heteroatoms. The van der Waals surface area contributed by atoms with E-state index in [1.54, 1.807) is 0 Å². The third-order valence-corrected chi connectivity index (χ3v) is 4.39. The van der Waals surface area contributed by atoms with Gasteiger partial charge in [0.15, 0.2) is 5.78 Å². The van der Waals surface area contributed by atoms with Gasteiger partial charge in [-0.2, -0.15) is 0 Å². The predicted octanol–water partition coefficient (Wildman–Crippen LogP) is 3.08. The molecule has 1 unspecified atom stereocenters. The zero-order valence-electron chi connectivity index (χ0n) is 10.2. The maximum absolute atomic E-state index is 11.9. The van der Waals surface area contributed by atoms with Crippen LogP contribution in [0.5, 0.6) is 0 Å². The molecule has 2 nitrogen and oxygen atoms in total. The Bertz CT molecular complexity index is 225. The Kier molecular flexibility index (Phi) is 4.39. The molecular formula is C14H24O2. The van der Waals surface area contributed by atoms with E-state index < -0.39 is 6.10 Å². The number of Topliss-reactive ketones (excluding diaryl/α,β-unsaturated/α-hetero) is 1. The van der Waals surface area contributed by atoms with Crippen LogP contribution in [0.4, 0.5) is 0 Å². The van der Waals surface area contributed by atoms with Crippen LogP contribution in [-0.4, -0.2) is 17.0 Å². The van der Waals surface area contributed by atoms with Crippen LogP contribution in [0.25, 0.3) is 0 Å². The number of hydrogen-bond acceptors (Lipinski definition) is 2. The Balaban J connectivity index is 1.78. The third-order valence-electron chi connectivity index (χ3n) is 4.39. The summed E-state index contributed by atoms with van der Waals surface area (Å²) in [5, 5.41) is 10.1. The molecular weight excluding hydrogens is 200 g/mol. The zero-order valence-corrected chi connectivity index (χ0v) is 10.2. The number of aliphatic hydroxyl groups is 1. The van der Waals surface area contributed by atoms with Crippen LogP contribution in [0.1, 0.15) is 64.2 Å². The van der Waals surface area contributed by atoms with Gasteiger partial charge in [-0.05, 0) is 24.7 Å². The highest BCUT2D eigenvalue weighted by molar-refractivity contribution is 5.83. The molecule has 0 saturated heterocycles. The van der Waals surface area contributed by atoms with E-state index in [4.69, 9.17) is 0 Å². The molecule has 0 amide bonds. The third kappa shape index (κ3) is 3.07. The second kappa shape index (κ2) is 5.81. The molecule has 0 radical (unpaired) electrons. The smallest absolute Gasteiger partial charge is 0.161 e. The molecule has 16 heavy (non-hydrogen) atoms. The van der Waals surface area contributed by atoms with E-state index in [1.807, 2.05) is 0 Å². The van der Waals surface area contributed by atoms with E-state index in [1.165, 1.54) is 44.9 Å². The van der Waals surface area contributed by atoms with Gasteiger partial charge in [-0.15, -0.1) is 0 Å². The number of rotatable bonds is 4. The fourth-order valence-corrected chi connectivity index (χ4v) is 3.33. The number of carbonyl (C=O) groups excluding carboxylic acids is 1. The molecule has 2 rings (SSSR count). The van der Waals surface area contributed by atoms with Crippen LogP contribution >= 0.6 is 0 Å². The van der Waals surface area contributed by atoms with Gasteiger partial charge in [-0.3, -0.25) is 4.79 Å². The van der Waals surface area contributed by atoms with Crippen LogP contribution in [-0.2, 0) is 4.79 Å². The normalized spacial score (nSPS) is 25.8. The molecule has 0 aromatic rings. The van der Waals surface area contributed by atoms with Crippen molar-refractivity contribution in [3.63, 3.8) is 0 Å². The standard InChI is InChI=1S/C14H24O2/c15-13(10-11-6-4-5-7-11)14(16)12-8-2-1-3-9-12/h11-12,14,16H,1-10H2. The molecule has 1 N–H and O–H groups in total. The lowest BCUT2D eigenvalue weighted by molar-refractivity contribution is -0.131. The van der Waals surface area contributed by atoms with Gasteiger partial charge in [-0.1, -0.05) is 44.9 Å². The van der Waals surface area contributed by atoms with Crippen molar-refractivity contribution in [2.24, 2.45) is 11.8 Å². The van der Waals surface area contributed by atoms with E-state index >= 15 is 0 Å². The minimum Gasteiger partial charge on any atom is -0.385 e. The summed E-state index contributed by atoms with van der Waals surface area (Å²) < 4.78 is 0. The van der Waals surface area contributed by atoms with E-state index in [2.05, 4.69) is 0 Å². The maximum atomic E-state index is 11.9. The van der Waals surface area contributed by atoms with Gasteiger partial charge in [0.2, 0.25) is 0 Å². The van der Waals surface area contributed by atoms with Gasteiger partial charge in [-0.25, -0.2) is 0 Å². The van der Waals surface area contributed by atoms with Crippen molar-refractivity contribution in [1.82, 2.24) is 0 Å².